The molecule has 0 saturated carbocycles. The van der Waals surface area contributed by atoms with Crippen molar-refractivity contribution in [3.05, 3.63) is 59.4 Å². The van der Waals surface area contributed by atoms with Crippen LogP contribution in [0.3, 0.4) is 0 Å². The van der Waals surface area contributed by atoms with Crippen molar-refractivity contribution in [3.63, 3.8) is 0 Å². The number of alkyl halides is 3. The molecule has 5 nitrogen and oxygen atoms in total. The molecule has 3 aromatic rings. The first-order valence-electron chi connectivity index (χ1n) is 8.72. The Morgan fingerprint density at radius 2 is 1.96 bits per heavy atom. The summed E-state index contributed by atoms with van der Waals surface area (Å²) in [5.41, 5.74) is 0.117. The van der Waals surface area contributed by atoms with Crippen LogP contribution in [0, 0.1) is 0 Å². The number of H-pyrrole nitrogens is 1. The molecule has 0 aliphatic carbocycles. The summed E-state index contributed by atoms with van der Waals surface area (Å²) >= 11 is 0. The molecule has 0 unspecified atom stereocenters. The summed E-state index contributed by atoms with van der Waals surface area (Å²) in [5.74, 6) is -0.313. The number of pyridine rings is 1. The first-order valence-corrected chi connectivity index (χ1v) is 8.72. The van der Waals surface area contributed by atoms with Crippen LogP contribution in [-0.2, 0) is 6.18 Å². The molecule has 0 spiro atoms. The molecule has 27 heavy (non-hydrogen) atoms. The van der Waals surface area contributed by atoms with Gasteiger partial charge in [-0.15, -0.1) is 0 Å². The molecule has 1 aromatic carbocycles. The Labute approximate surface area is 153 Å². The molecule has 1 amide bonds. The molecule has 1 aliphatic heterocycles. The molecule has 1 aliphatic rings. The molecular formula is C19H17F3N4O. The van der Waals surface area contributed by atoms with Gasteiger partial charge in [0.05, 0.1) is 17.0 Å². The maximum Gasteiger partial charge on any atom is 0.435 e. The van der Waals surface area contributed by atoms with E-state index in [9.17, 15) is 18.0 Å². The number of amides is 1. The van der Waals surface area contributed by atoms with Crippen LogP contribution >= 0.6 is 0 Å². The number of halogens is 3. The number of aromatic nitrogens is 3. The van der Waals surface area contributed by atoms with Crippen LogP contribution in [0.15, 0.2) is 42.6 Å². The molecular weight excluding hydrogens is 357 g/mol. The second-order valence-corrected chi connectivity index (χ2v) is 6.61. The number of fused-ring (bicyclic) bond motifs is 1. The quantitative estimate of drug-likeness (QED) is 0.726. The molecule has 1 saturated heterocycles. The Kier molecular flexibility index (Phi) is 4.33. The van der Waals surface area contributed by atoms with E-state index in [0.29, 0.717) is 6.54 Å². The van der Waals surface area contributed by atoms with E-state index in [1.807, 2.05) is 30.3 Å². The number of nitrogens with zero attached hydrogens (tertiary/aromatic N) is 3. The second-order valence-electron chi connectivity index (χ2n) is 6.61. The zero-order chi connectivity index (χ0) is 19.0. The third-order valence-electron chi connectivity index (χ3n) is 4.88. The number of likely N-dealkylation sites (tertiary alicyclic amines) is 1. The number of carbonyl (C=O) groups excluding carboxylic acids is 1. The van der Waals surface area contributed by atoms with E-state index in [1.165, 1.54) is 12.3 Å². The third kappa shape index (κ3) is 3.27. The molecule has 0 bridgehead atoms. The molecule has 1 fully saturated rings. The van der Waals surface area contributed by atoms with Gasteiger partial charge in [0.1, 0.15) is 0 Å². The van der Waals surface area contributed by atoms with Crippen molar-refractivity contribution in [1.29, 1.82) is 0 Å². The van der Waals surface area contributed by atoms with E-state index in [4.69, 9.17) is 0 Å². The van der Waals surface area contributed by atoms with Crippen LogP contribution < -0.4 is 0 Å². The Balaban J connectivity index is 1.70. The molecule has 8 heteroatoms. The van der Waals surface area contributed by atoms with E-state index >= 15 is 0 Å². The zero-order valence-electron chi connectivity index (χ0n) is 14.3. The van der Waals surface area contributed by atoms with Gasteiger partial charge in [-0.1, -0.05) is 30.3 Å². The number of aromatic amines is 1. The summed E-state index contributed by atoms with van der Waals surface area (Å²) in [6.45, 7) is 0.563. The van der Waals surface area contributed by atoms with E-state index in [1.54, 1.807) is 4.90 Å². The number of hydrogen-bond donors (Lipinski definition) is 1. The average Bonchev–Trinajstić information content (AvgIpc) is 3.12. The summed E-state index contributed by atoms with van der Waals surface area (Å²) in [4.78, 5) is 18.8. The second kappa shape index (κ2) is 6.68. The highest BCUT2D eigenvalue weighted by molar-refractivity contribution is 5.97. The van der Waals surface area contributed by atoms with Gasteiger partial charge < -0.3 is 4.90 Å². The molecule has 1 N–H and O–H groups in total. The molecule has 2 aromatic heterocycles. The van der Waals surface area contributed by atoms with Crippen molar-refractivity contribution in [2.75, 3.05) is 6.54 Å². The molecule has 4 rings (SSSR count). The monoisotopic (exact) mass is 374 g/mol. The number of nitrogens with one attached hydrogen (secondary N) is 1. The topological polar surface area (TPSA) is 61.9 Å². The fraction of sp³-hybridized carbons (Fsp3) is 0.316. The van der Waals surface area contributed by atoms with Gasteiger partial charge in [0.25, 0.3) is 5.91 Å². The Morgan fingerprint density at radius 1 is 1.19 bits per heavy atom. The SMILES string of the molecule is O=C(c1cnc2[nH]nc(C(F)(F)F)c2c1)N1CCCC[C@@H]1c1ccccc1. The minimum Gasteiger partial charge on any atom is -0.332 e. The molecule has 3 heterocycles. The van der Waals surface area contributed by atoms with Gasteiger partial charge in [0.2, 0.25) is 0 Å². The molecule has 0 radical (unpaired) electrons. The van der Waals surface area contributed by atoms with Crippen LogP contribution in [0.5, 0.6) is 0 Å². The fourth-order valence-corrected chi connectivity index (χ4v) is 3.60. The number of rotatable bonds is 2. The van der Waals surface area contributed by atoms with Crippen LogP contribution in [0.1, 0.15) is 46.9 Å². The highest BCUT2D eigenvalue weighted by Crippen LogP contribution is 2.34. The summed E-state index contributed by atoms with van der Waals surface area (Å²) in [6.07, 6.45) is -0.616. The fourth-order valence-electron chi connectivity index (χ4n) is 3.60. The van der Waals surface area contributed by atoms with Crippen molar-refractivity contribution in [2.24, 2.45) is 0 Å². The smallest absolute Gasteiger partial charge is 0.332 e. The highest BCUT2D eigenvalue weighted by atomic mass is 19.4. The number of carbonyl (C=O) groups is 1. The number of piperidine rings is 1. The van der Waals surface area contributed by atoms with E-state index in [-0.39, 0.29) is 28.5 Å². The maximum atomic E-state index is 13.1. The zero-order valence-corrected chi connectivity index (χ0v) is 14.3. The highest BCUT2D eigenvalue weighted by Gasteiger charge is 2.37. The van der Waals surface area contributed by atoms with Crippen LogP contribution in [-0.4, -0.2) is 32.5 Å². The van der Waals surface area contributed by atoms with Crippen molar-refractivity contribution in [2.45, 2.75) is 31.5 Å². The lowest BCUT2D eigenvalue weighted by Gasteiger charge is -2.36. The van der Waals surface area contributed by atoms with E-state index in [0.717, 1.165) is 24.8 Å². The first kappa shape index (κ1) is 17.5. The van der Waals surface area contributed by atoms with Gasteiger partial charge in [0, 0.05) is 12.7 Å². The Bertz CT molecular complexity index is 968. The Morgan fingerprint density at radius 3 is 2.70 bits per heavy atom. The lowest BCUT2D eigenvalue weighted by Crippen LogP contribution is -2.38. The lowest BCUT2D eigenvalue weighted by atomic mass is 9.94. The standard InChI is InChI=1S/C19H17F3N4O/c20-19(21,22)16-14-10-13(11-23-17(14)25-24-16)18(27)26-9-5-4-8-15(26)12-6-2-1-3-7-12/h1-3,6-7,10-11,15H,4-5,8-9H2,(H,23,24,25)/t15-/m1/s1. The minimum atomic E-state index is -4.61. The minimum absolute atomic E-state index is 0.0112. The van der Waals surface area contributed by atoms with E-state index in [2.05, 4.69) is 15.2 Å². The van der Waals surface area contributed by atoms with Gasteiger partial charge in [-0.3, -0.25) is 9.89 Å². The average molecular weight is 374 g/mol. The van der Waals surface area contributed by atoms with Gasteiger partial charge in [-0.25, -0.2) is 4.98 Å². The normalized spacial score (nSPS) is 18.0. The summed E-state index contributed by atoms with van der Waals surface area (Å²) in [5, 5.41) is 5.38. The largest absolute Gasteiger partial charge is 0.435 e. The van der Waals surface area contributed by atoms with Crippen LogP contribution in [0.25, 0.3) is 11.0 Å². The summed E-state index contributed by atoms with van der Waals surface area (Å²) < 4.78 is 39.3. The predicted octanol–water partition coefficient (Wildman–Crippen LogP) is 4.34. The molecule has 1 atom stereocenters. The Hall–Kier alpha value is -2.90. The summed E-state index contributed by atoms with van der Waals surface area (Å²) in [6, 6.07) is 10.8. The van der Waals surface area contributed by atoms with Gasteiger partial charge >= 0.3 is 6.18 Å². The predicted molar refractivity (Wildman–Crippen MR) is 93.0 cm³/mol. The number of benzene rings is 1. The van der Waals surface area contributed by atoms with Crippen LogP contribution in [0.2, 0.25) is 0 Å². The van der Waals surface area contributed by atoms with E-state index < -0.39 is 11.9 Å². The van der Waals surface area contributed by atoms with Crippen molar-refractivity contribution >= 4 is 16.9 Å². The van der Waals surface area contributed by atoms with Crippen molar-refractivity contribution in [3.8, 4) is 0 Å². The molecule has 140 valence electrons. The van der Waals surface area contributed by atoms with Crippen LogP contribution in [0.4, 0.5) is 13.2 Å². The summed E-state index contributed by atoms with van der Waals surface area (Å²) in [7, 11) is 0. The van der Waals surface area contributed by atoms with Gasteiger partial charge in [0.15, 0.2) is 11.3 Å². The number of hydrogen-bond acceptors (Lipinski definition) is 3. The first-order chi connectivity index (χ1) is 12.9. The van der Waals surface area contributed by atoms with Gasteiger partial charge in [-0.2, -0.15) is 18.3 Å². The van der Waals surface area contributed by atoms with Crippen molar-refractivity contribution < 1.29 is 18.0 Å². The third-order valence-corrected chi connectivity index (χ3v) is 4.88. The van der Waals surface area contributed by atoms with Crippen molar-refractivity contribution in [1.82, 2.24) is 20.1 Å². The lowest BCUT2D eigenvalue weighted by molar-refractivity contribution is -0.139. The maximum absolute atomic E-state index is 13.1. The van der Waals surface area contributed by atoms with Gasteiger partial charge in [-0.05, 0) is 30.9 Å².